The van der Waals surface area contributed by atoms with Gasteiger partial charge in [-0.15, -0.1) is 11.3 Å². The number of fused-ring (bicyclic) bond motifs is 2. The molecule has 1 aromatic carbocycles. The molecule has 0 radical (unpaired) electrons. The van der Waals surface area contributed by atoms with Gasteiger partial charge in [0.15, 0.2) is 0 Å². The maximum absolute atomic E-state index is 3.50. The van der Waals surface area contributed by atoms with E-state index in [1.165, 1.54) is 42.6 Å². The smallest absolute Gasteiger partial charge is 0.0372 e. The molecule has 0 amide bonds. The lowest BCUT2D eigenvalue weighted by Gasteiger charge is -2.34. The molecular weight excluding hydrogens is 276 g/mol. The average Bonchev–Trinajstić information content (AvgIpc) is 2.99. The minimum Gasteiger partial charge on any atom is -0.385 e. The first-order chi connectivity index (χ1) is 10.3. The highest BCUT2D eigenvalue weighted by Gasteiger charge is 2.24. The molecule has 0 bridgehead atoms. The average molecular weight is 298 g/mol. The van der Waals surface area contributed by atoms with Crippen LogP contribution in [-0.2, 0) is 19.4 Å². The highest BCUT2D eigenvalue weighted by atomic mass is 32.1. The topological polar surface area (TPSA) is 15.3 Å². The molecule has 21 heavy (non-hydrogen) atoms. The zero-order valence-electron chi connectivity index (χ0n) is 12.6. The monoisotopic (exact) mass is 298 g/mol. The number of rotatable bonds is 2. The lowest BCUT2D eigenvalue weighted by atomic mass is 9.98. The fourth-order valence-electron chi connectivity index (χ4n) is 3.64. The van der Waals surface area contributed by atoms with E-state index >= 15 is 0 Å². The molecule has 2 aliphatic heterocycles. The minimum absolute atomic E-state index is 0.550. The van der Waals surface area contributed by atoms with E-state index in [4.69, 9.17) is 0 Å². The molecule has 2 nitrogen and oxygen atoms in total. The highest BCUT2D eigenvalue weighted by molar-refractivity contribution is 7.10. The predicted molar refractivity (Wildman–Crippen MR) is 90.1 cm³/mol. The molecule has 3 heterocycles. The number of nitrogens with zero attached hydrogens (tertiary/aromatic N) is 1. The second-order valence-electron chi connectivity index (χ2n) is 6.22. The fraction of sp³-hybridized carbons (Fsp3) is 0.444. The largest absolute Gasteiger partial charge is 0.385 e. The van der Waals surface area contributed by atoms with Gasteiger partial charge in [0.05, 0.1) is 0 Å². The van der Waals surface area contributed by atoms with Crippen LogP contribution in [0.25, 0.3) is 0 Å². The molecule has 2 aliphatic rings. The number of hydrogen-bond acceptors (Lipinski definition) is 3. The number of nitrogens with one attached hydrogen (secondary N) is 1. The van der Waals surface area contributed by atoms with E-state index in [2.05, 4.69) is 46.8 Å². The second-order valence-corrected chi connectivity index (χ2v) is 7.22. The summed E-state index contributed by atoms with van der Waals surface area (Å²) in [6.07, 6.45) is 3.69. The van der Waals surface area contributed by atoms with Crippen LogP contribution < -0.4 is 5.32 Å². The van der Waals surface area contributed by atoms with Crippen molar-refractivity contribution in [2.75, 3.05) is 18.4 Å². The molecule has 3 heteroatoms. The first-order valence-corrected chi connectivity index (χ1v) is 8.85. The standard InChI is InChI=1S/C18H22N2S/c1-13-16-7-10-21-18(16)6-9-20(13)12-14-4-5-17-15(11-14)3-2-8-19-17/h4-5,7,10-11,13,19H,2-3,6,8-9,12H2,1H3. The fourth-order valence-corrected chi connectivity index (χ4v) is 4.60. The molecule has 0 saturated heterocycles. The van der Waals surface area contributed by atoms with E-state index in [9.17, 15) is 0 Å². The van der Waals surface area contributed by atoms with E-state index in [-0.39, 0.29) is 0 Å². The third kappa shape index (κ3) is 2.49. The zero-order valence-corrected chi connectivity index (χ0v) is 13.4. The Labute approximate surface area is 130 Å². The molecule has 1 unspecified atom stereocenters. The van der Waals surface area contributed by atoms with Crippen molar-refractivity contribution < 1.29 is 0 Å². The Morgan fingerprint density at radius 2 is 2.24 bits per heavy atom. The van der Waals surface area contributed by atoms with Gasteiger partial charge in [-0.1, -0.05) is 12.1 Å². The maximum atomic E-state index is 3.50. The molecule has 0 fully saturated rings. The van der Waals surface area contributed by atoms with Crippen molar-refractivity contribution in [2.45, 2.75) is 38.8 Å². The van der Waals surface area contributed by atoms with E-state index in [0.29, 0.717) is 6.04 Å². The second kappa shape index (κ2) is 5.47. The summed E-state index contributed by atoms with van der Waals surface area (Å²) in [6, 6.07) is 9.85. The van der Waals surface area contributed by atoms with Gasteiger partial charge in [0.1, 0.15) is 0 Å². The zero-order chi connectivity index (χ0) is 14.2. The first-order valence-electron chi connectivity index (χ1n) is 7.97. The Kier molecular flexibility index (Phi) is 3.48. The number of thiophene rings is 1. The Bertz CT molecular complexity index is 646. The molecule has 0 spiro atoms. The lowest BCUT2D eigenvalue weighted by Crippen LogP contribution is -2.32. The van der Waals surface area contributed by atoms with Gasteiger partial charge in [0.25, 0.3) is 0 Å². The summed E-state index contributed by atoms with van der Waals surface area (Å²) in [5.41, 5.74) is 5.85. The van der Waals surface area contributed by atoms with Crippen LogP contribution in [0.1, 0.15) is 41.0 Å². The first kappa shape index (κ1) is 13.4. The van der Waals surface area contributed by atoms with Gasteiger partial charge in [-0.05, 0) is 60.4 Å². The Hall–Kier alpha value is -1.32. The van der Waals surface area contributed by atoms with E-state index in [0.717, 1.165) is 13.1 Å². The number of aryl methyl sites for hydroxylation is 1. The maximum Gasteiger partial charge on any atom is 0.0372 e. The predicted octanol–water partition coefficient (Wildman–Crippen LogP) is 4.23. The molecular formula is C18H22N2S. The summed E-state index contributed by atoms with van der Waals surface area (Å²) in [5, 5.41) is 5.74. The van der Waals surface area contributed by atoms with Crippen LogP contribution in [0.2, 0.25) is 0 Å². The van der Waals surface area contributed by atoms with Gasteiger partial charge in [-0.2, -0.15) is 0 Å². The van der Waals surface area contributed by atoms with Crippen molar-refractivity contribution in [1.29, 1.82) is 0 Å². The molecule has 0 aliphatic carbocycles. The quantitative estimate of drug-likeness (QED) is 0.893. The summed E-state index contributed by atoms with van der Waals surface area (Å²) in [7, 11) is 0. The third-order valence-electron chi connectivity index (χ3n) is 4.90. The Morgan fingerprint density at radius 3 is 3.19 bits per heavy atom. The third-order valence-corrected chi connectivity index (χ3v) is 5.89. The molecule has 2 aromatic rings. The van der Waals surface area contributed by atoms with Gasteiger partial charge >= 0.3 is 0 Å². The van der Waals surface area contributed by atoms with E-state index in [1.807, 2.05) is 11.3 Å². The number of benzene rings is 1. The molecule has 1 aromatic heterocycles. The van der Waals surface area contributed by atoms with Crippen LogP contribution >= 0.6 is 11.3 Å². The SMILES string of the molecule is CC1c2ccsc2CCN1Cc1ccc2c(c1)CCCN2. The van der Waals surface area contributed by atoms with Crippen LogP contribution in [0.15, 0.2) is 29.6 Å². The summed E-state index contributed by atoms with van der Waals surface area (Å²) < 4.78 is 0. The lowest BCUT2D eigenvalue weighted by molar-refractivity contribution is 0.191. The Balaban J connectivity index is 1.54. The van der Waals surface area contributed by atoms with Crippen molar-refractivity contribution in [2.24, 2.45) is 0 Å². The molecule has 0 saturated carbocycles. The normalized spacial score (nSPS) is 21.5. The van der Waals surface area contributed by atoms with E-state index < -0.39 is 0 Å². The molecule has 110 valence electrons. The minimum atomic E-state index is 0.550. The number of anilines is 1. The summed E-state index contributed by atoms with van der Waals surface area (Å²) in [5.74, 6) is 0. The van der Waals surface area contributed by atoms with Gasteiger partial charge in [-0.25, -0.2) is 0 Å². The van der Waals surface area contributed by atoms with E-state index in [1.54, 1.807) is 10.4 Å². The summed E-state index contributed by atoms with van der Waals surface area (Å²) >= 11 is 1.92. The van der Waals surface area contributed by atoms with Crippen LogP contribution in [-0.4, -0.2) is 18.0 Å². The van der Waals surface area contributed by atoms with Crippen LogP contribution in [0.3, 0.4) is 0 Å². The molecule has 4 rings (SSSR count). The van der Waals surface area contributed by atoms with Gasteiger partial charge in [0.2, 0.25) is 0 Å². The highest BCUT2D eigenvalue weighted by Crippen LogP contribution is 2.34. The van der Waals surface area contributed by atoms with Crippen molar-refractivity contribution in [3.8, 4) is 0 Å². The van der Waals surface area contributed by atoms with Crippen molar-refractivity contribution >= 4 is 17.0 Å². The molecule has 1 N–H and O–H groups in total. The van der Waals surface area contributed by atoms with Crippen LogP contribution in [0.4, 0.5) is 5.69 Å². The summed E-state index contributed by atoms with van der Waals surface area (Å²) in [6.45, 7) is 5.73. The van der Waals surface area contributed by atoms with Crippen molar-refractivity contribution in [3.05, 3.63) is 51.2 Å². The van der Waals surface area contributed by atoms with Crippen molar-refractivity contribution in [3.63, 3.8) is 0 Å². The Morgan fingerprint density at radius 1 is 1.29 bits per heavy atom. The van der Waals surface area contributed by atoms with Gasteiger partial charge in [-0.3, -0.25) is 4.90 Å². The van der Waals surface area contributed by atoms with Crippen LogP contribution in [0, 0.1) is 0 Å². The molecule has 1 atom stereocenters. The summed E-state index contributed by atoms with van der Waals surface area (Å²) in [4.78, 5) is 4.21. The van der Waals surface area contributed by atoms with Crippen LogP contribution in [0.5, 0.6) is 0 Å². The van der Waals surface area contributed by atoms with Gasteiger partial charge < -0.3 is 5.32 Å². The number of hydrogen-bond donors (Lipinski definition) is 1. The van der Waals surface area contributed by atoms with Crippen molar-refractivity contribution in [1.82, 2.24) is 4.90 Å². The van der Waals surface area contributed by atoms with Gasteiger partial charge in [0, 0.05) is 36.2 Å².